The third-order valence-corrected chi connectivity index (χ3v) is 5.24. The third-order valence-electron chi connectivity index (χ3n) is 5.24. The zero-order valence-corrected chi connectivity index (χ0v) is 18.5. The second-order valence-corrected chi connectivity index (χ2v) is 7.61. The van der Waals surface area contributed by atoms with Crippen molar-refractivity contribution < 1.29 is 23.8 Å². The summed E-state index contributed by atoms with van der Waals surface area (Å²) in [6.45, 7) is 0. The fraction of sp³-hybridized carbons (Fsp3) is 0.0357. The van der Waals surface area contributed by atoms with Gasteiger partial charge in [0.15, 0.2) is 5.60 Å². The fourth-order valence-corrected chi connectivity index (χ4v) is 3.44. The largest absolute Gasteiger partial charge is 0.423 e. The minimum absolute atomic E-state index is 0.0997. The van der Waals surface area contributed by atoms with Gasteiger partial charge in [0.25, 0.3) is 5.91 Å². The summed E-state index contributed by atoms with van der Waals surface area (Å²) in [5, 5.41) is 15.4. The van der Waals surface area contributed by atoms with Gasteiger partial charge in [-0.15, -0.1) is 0 Å². The highest BCUT2D eigenvalue weighted by Gasteiger charge is 2.39. The van der Waals surface area contributed by atoms with Crippen LogP contribution in [0.3, 0.4) is 0 Å². The zero-order chi connectivity index (χ0) is 24.7. The topological polar surface area (TPSA) is 88.0 Å². The number of nitrogens with zero attached hydrogens (tertiary/aromatic N) is 1. The Morgan fingerprint density at radius 2 is 1.43 bits per heavy atom. The lowest BCUT2D eigenvalue weighted by atomic mass is 9.85. The van der Waals surface area contributed by atoms with Crippen LogP contribution in [0.1, 0.15) is 27.0 Å². The van der Waals surface area contributed by atoms with Gasteiger partial charge in [0.1, 0.15) is 11.6 Å². The number of amides is 1. The van der Waals surface area contributed by atoms with E-state index in [1.165, 1.54) is 24.4 Å². The SMILES string of the molecule is O=C(Oc1ccc(/C=N/NC(=O)C(O)(c2ccccc2)c2ccccc2)cc1)c1cccc(F)c1. The van der Waals surface area contributed by atoms with Gasteiger partial charge in [-0.1, -0.05) is 66.7 Å². The second kappa shape index (κ2) is 10.5. The molecule has 0 aromatic heterocycles. The van der Waals surface area contributed by atoms with E-state index in [0.717, 1.165) is 6.07 Å². The van der Waals surface area contributed by atoms with Crippen LogP contribution < -0.4 is 10.2 Å². The number of hydrogen-bond donors (Lipinski definition) is 2. The average molecular weight is 468 g/mol. The molecule has 0 bridgehead atoms. The predicted molar refractivity (Wildman–Crippen MR) is 129 cm³/mol. The van der Waals surface area contributed by atoms with Crippen LogP contribution in [0.15, 0.2) is 114 Å². The smallest absolute Gasteiger partial charge is 0.343 e. The van der Waals surface area contributed by atoms with Gasteiger partial charge in [-0.25, -0.2) is 14.6 Å². The molecule has 0 aliphatic carbocycles. The molecule has 0 atom stereocenters. The molecule has 4 rings (SSSR count). The van der Waals surface area contributed by atoms with E-state index >= 15 is 0 Å². The first kappa shape index (κ1) is 23.5. The molecule has 35 heavy (non-hydrogen) atoms. The lowest BCUT2D eigenvalue weighted by molar-refractivity contribution is -0.136. The summed E-state index contributed by atoms with van der Waals surface area (Å²) in [5.74, 6) is -1.66. The van der Waals surface area contributed by atoms with E-state index in [4.69, 9.17) is 4.74 Å². The Balaban J connectivity index is 1.44. The molecule has 0 saturated heterocycles. The molecule has 0 aliphatic heterocycles. The number of carbonyl (C=O) groups excluding carboxylic acids is 2. The molecule has 0 unspecified atom stereocenters. The van der Waals surface area contributed by atoms with Crippen molar-refractivity contribution in [1.82, 2.24) is 5.43 Å². The first-order valence-electron chi connectivity index (χ1n) is 10.7. The molecule has 0 heterocycles. The highest BCUT2D eigenvalue weighted by atomic mass is 19.1. The molecule has 0 fully saturated rings. The minimum atomic E-state index is -1.94. The Kier molecular flexibility index (Phi) is 7.09. The number of hydrazone groups is 1. The van der Waals surface area contributed by atoms with Gasteiger partial charge in [-0.3, -0.25) is 4.79 Å². The monoisotopic (exact) mass is 468 g/mol. The van der Waals surface area contributed by atoms with Crippen molar-refractivity contribution in [1.29, 1.82) is 0 Å². The van der Waals surface area contributed by atoms with Crippen LogP contribution in [-0.4, -0.2) is 23.2 Å². The summed E-state index contributed by atoms with van der Waals surface area (Å²) in [6.07, 6.45) is 1.40. The molecule has 4 aromatic rings. The maximum atomic E-state index is 13.3. The molecular weight excluding hydrogens is 447 g/mol. The number of benzene rings is 4. The van der Waals surface area contributed by atoms with Gasteiger partial charge in [-0.2, -0.15) is 5.10 Å². The Labute approximate surface area is 201 Å². The molecule has 0 saturated carbocycles. The number of ether oxygens (including phenoxy) is 1. The molecule has 174 valence electrons. The second-order valence-electron chi connectivity index (χ2n) is 7.61. The lowest BCUT2D eigenvalue weighted by Gasteiger charge is -2.27. The quantitative estimate of drug-likeness (QED) is 0.182. The Morgan fingerprint density at radius 1 is 0.829 bits per heavy atom. The first-order valence-corrected chi connectivity index (χ1v) is 10.7. The Hall–Kier alpha value is -4.62. The maximum absolute atomic E-state index is 13.3. The highest BCUT2D eigenvalue weighted by molar-refractivity contribution is 5.92. The summed E-state index contributed by atoms with van der Waals surface area (Å²) in [6, 6.07) is 28.8. The fourth-order valence-electron chi connectivity index (χ4n) is 3.44. The van der Waals surface area contributed by atoms with Crippen LogP contribution in [0, 0.1) is 5.82 Å². The van der Waals surface area contributed by atoms with Gasteiger partial charge >= 0.3 is 5.97 Å². The van der Waals surface area contributed by atoms with Gasteiger partial charge in [0.2, 0.25) is 0 Å². The van der Waals surface area contributed by atoms with Crippen molar-refractivity contribution in [3.05, 3.63) is 137 Å². The number of halogens is 1. The minimum Gasteiger partial charge on any atom is -0.423 e. The number of esters is 1. The number of rotatable bonds is 7. The highest BCUT2D eigenvalue weighted by Crippen LogP contribution is 2.29. The third kappa shape index (κ3) is 5.48. The normalized spacial score (nSPS) is 11.3. The summed E-state index contributed by atoms with van der Waals surface area (Å²) in [4.78, 5) is 25.2. The van der Waals surface area contributed by atoms with Gasteiger partial charge < -0.3 is 9.84 Å². The van der Waals surface area contributed by atoms with E-state index in [9.17, 15) is 19.1 Å². The Morgan fingerprint density at radius 3 is 2.00 bits per heavy atom. The van der Waals surface area contributed by atoms with Crippen molar-refractivity contribution in [2.75, 3.05) is 0 Å². The molecule has 0 spiro atoms. The van der Waals surface area contributed by atoms with Crippen LogP contribution in [-0.2, 0) is 10.4 Å². The summed E-state index contributed by atoms with van der Waals surface area (Å²) in [7, 11) is 0. The molecule has 4 aromatic carbocycles. The van der Waals surface area contributed by atoms with Crippen LogP contribution in [0.5, 0.6) is 5.75 Å². The lowest BCUT2D eigenvalue weighted by Crippen LogP contribution is -2.43. The van der Waals surface area contributed by atoms with Gasteiger partial charge in [-0.05, 0) is 59.2 Å². The van der Waals surface area contributed by atoms with Gasteiger partial charge in [0.05, 0.1) is 11.8 Å². The molecule has 7 heteroatoms. The van der Waals surface area contributed by atoms with Crippen molar-refractivity contribution >= 4 is 18.1 Å². The van der Waals surface area contributed by atoms with Gasteiger partial charge in [0, 0.05) is 0 Å². The number of nitrogens with one attached hydrogen (secondary N) is 1. The van der Waals surface area contributed by atoms with E-state index in [2.05, 4.69) is 10.5 Å². The molecule has 2 N–H and O–H groups in total. The predicted octanol–water partition coefficient (Wildman–Crippen LogP) is 4.43. The van der Waals surface area contributed by atoms with E-state index in [-0.39, 0.29) is 11.3 Å². The van der Waals surface area contributed by atoms with Crippen LogP contribution in [0.4, 0.5) is 4.39 Å². The molecule has 6 nitrogen and oxygen atoms in total. The standard InChI is InChI=1S/C28H21FN2O4/c29-24-13-7-8-21(18-24)26(32)35-25-16-14-20(15-17-25)19-30-31-27(33)28(34,22-9-3-1-4-10-22)23-11-5-2-6-12-23/h1-19,34H,(H,31,33)/b30-19+. The average Bonchev–Trinajstić information content (AvgIpc) is 2.90. The van der Waals surface area contributed by atoms with E-state index in [0.29, 0.717) is 16.7 Å². The van der Waals surface area contributed by atoms with E-state index in [1.54, 1.807) is 84.9 Å². The molecule has 1 amide bonds. The van der Waals surface area contributed by atoms with Crippen molar-refractivity contribution in [2.24, 2.45) is 5.10 Å². The van der Waals surface area contributed by atoms with Crippen LogP contribution in [0.25, 0.3) is 0 Å². The van der Waals surface area contributed by atoms with Crippen molar-refractivity contribution in [3.63, 3.8) is 0 Å². The van der Waals surface area contributed by atoms with Crippen molar-refractivity contribution in [3.8, 4) is 5.75 Å². The molecule has 0 radical (unpaired) electrons. The summed E-state index contributed by atoms with van der Waals surface area (Å²) < 4.78 is 18.5. The van der Waals surface area contributed by atoms with E-state index in [1.807, 2.05) is 0 Å². The number of aliphatic hydroxyl groups is 1. The van der Waals surface area contributed by atoms with Crippen LogP contribution >= 0.6 is 0 Å². The maximum Gasteiger partial charge on any atom is 0.343 e. The van der Waals surface area contributed by atoms with Crippen LogP contribution in [0.2, 0.25) is 0 Å². The number of hydrogen-bond acceptors (Lipinski definition) is 5. The number of carbonyl (C=O) groups is 2. The molecular formula is C28H21FN2O4. The summed E-state index contributed by atoms with van der Waals surface area (Å²) >= 11 is 0. The Bertz CT molecular complexity index is 1300. The van der Waals surface area contributed by atoms with E-state index < -0.39 is 23.3 Å². The molecule has 0 aliphatic rings. The first-order chi connectivity index (χ1) is 17.0. The summed E-state index contributed by atoms with van der Waals surface area (Å²) in [5.41, 5.74) is 1.99. The van der Waals surface area contributed by atoms with Crippen molar-refractivity contribution in [2.45, 2.75) is 5.60 Å². The zero-order valence-electron chi connectivity index (χ0n) is 18.5.